The molecule has 0 bridgehead atoms. The highest BCUT2D eigenvalue weighted by Gasteiger charge is 2.01. The van der Waals surface area contributed by atoms with Gasteiger partial charge in [0, 0.05) is 6.54 Å². The first-order valence-corrected chi connectivity index (χ1v) is 4.29. The molecule has 0 aliphatic heterocycles. The SMILES string of the molecule is NCc1cccc2nc(Cl)cnc12. The van der Waals surface area contributed by atoms with Gasteiger partial charge >= 0.3 is 0 Å². The number of fused-ring (bicyclic) bond motifs is 1. The van der Waals surface area contributed by atoms with Gasteiger partial charge in [-0.1, -0.05) is 23.7 Å². The minimum Gasteiger partial charge on any atom is -0.326 e. The molecule has 66 valence electrons. The van der Waals surface area contributed by atoms with Crippen LogP contribution < -0.4 is 5.73 Å². The van der Waals surface area contributed by atoms with Gasteiger partial charge in [-0.3, -0.25) is 4.98 Å². The minimum atomic E-state index is 0.404. The van der Waals surface area contributed by atoms with Crippen molar-refractivity contribution in [3.05, 3.63) is 35.1 Å². The van der Waals surface area contributed by atoms with E-state index in [4.69, 9.17) is 17.3 Å². The summed E-state index contributed by atoms with van der Waals surface area (Å²) in [5, 5.41) is 0.404. The fourth-order valence-electron chi connectivity index (χ4n) is 1.24. The summed E-state index contributed by atoms with van der Waals surface area (Å²) < 4.78 is 0. The largest absolute Gasteiger partial charge is 0.326 e. The molecule has 0 fully saturated rings. The average molecular weight is 194 g/mol. The van der Waals surface area contributed by atoms with Gasteiger partial charge in [0.2, 0.25) is 0 Å². The van der Waals surface area contributed by atoms with E-state index >= 15 is 0 Å². The van der Waals surface area contributed by atoms with Crippen molar-refractivity contribution >= 4 is 22.6 Å². The molecule has 1 aromatic carbocycles. The maximum atomic E-state index is 5.71. The highest BCUT2D eigenvalue weighted by Crippen LogP contribution is 2.15. The molecular weight excluding hydrogens is 186 g/mol. The molecule has 0 atom stereocenters. The van der Waals surface area contributed by atoms with Gasteiger partial charge in [0.05, 0.1) is 17.2 Å². The first-order valence-electron chi connectivity index (χ1n) is 3.91. The monoisotopic (exact) mass is 193 g/mol. The molecule has 0 spiro atoms. The molecule has 0 aliphatic carbocycles. The van der Waals surface area contributed by atoms with Gasteiger partial charge in [-0.05, 0) is 11.6 Å². The topological polar surface area (TPSA) is 51.8 Å². The molecule has 0 saturated carbocycles. The van der Waals surface area contributed by atoms with Gasteiger partial charge < -0.3 is 5.73 Å². The lowest BCUT2D eigenvalue weighted by Gasteiger charge is -2.01. The Labute approximate surface area is 80.6 Å². The smallest absolute Gasteiger partial charge is 0.148 e. The van der Waals surface area contributed by atoms with Crippen LogP contribution in [0.3, 0.4) is 0 Å². The van der Waals surface area contributed by atoms with Gasteiger partial charge in [0.1, 0.15) is 5.15 Å². The third kappa shape index (κ3) is 1.48. The van der Waals surface area contributed by atoms with E-state index in [1.54, 1.807) is 0 Å². The van der Waals surface area contributed by atoms with Crippen LogP contribution in [-0.4, -0.2) is 9.97 Å². The number of hydrogen-bond acceptors (Lipinski definition) is 3. The van der Waals surface area contributed by atoms with Gasteiger partial charge in [-0.2, -0.15) is 0 Å². The van der Waals surface area contributed by atoms with Gasteiger partial charge in [-0.25, -0.2) is 4.98 Å². The molecule has 3 nitrogen and oxygen atoms in total. The van der Waals surface area contributed by atoms with Gasteiger partial charge in [0.15, 0.2) is 0 Å². The summed E-state index contributed by atoms with van der Waals surface area (Å²) in [5.41, 5.74) is 8.16. The Morgan fingerprint density at radius 1 is 1.38 bits per heavy atom. The summed E-state index contributed by atoms with van der Waals surface area (Å²) >= 11 is 5.71. The van der Waals surface area contributed by atoms with Crippen LogP contribution in [0.15, 0.2) is 24.4 Å². The van der Waals surface area contributed by atoms with E-state index in [1.165, 1.54) is 6.20 Å². The second-order valence-electron chi connectivity index (χ2n) is 2.68. The van der Waals surface area contributed by atoms with Crippen molar-refractivity contribution in [2.75, 3.05) is 0 Å². The van der Waals surface area contributed by atoms with Crippen molar-refractivity contribution in [3.63, 3.8) is 0 Å². The molecule has 0 saturated heterocycles. The zero-order valence-corrected chi connectivity index (χ0v) is 7.62. The molecular formula is C9H8ClN3. The summed E-state index contributed by atoms with van der Waals surface area (Å²) in [4.78, 5) is 8.31. The summed E-state index contributed by atoms with van der Waals surface area (Å²) in [6, 6.07) is 5.70. The normalized spacial score (nSPS) is 10.6. The Bertz CT molecular complexity index is 442. The molecule has 2 aromatic rings. The maximum Gasteiger partial charge on any atom is 0.148 e. The number of aromatic nitrogens is 2. The fraction of sp³-hybridized carbons (Fsp3) is 0.111. The Morgan fingerprint density at radius 2 is 2.23 bits per heavy atom. The molecule has 1 aromatic heterocycles. The number of rotatable bonds is 1. The molecule has 13 heavy (non-hydrogen) atoms. The zero-order chi connectivity index (χ0) is 9.26. The quantitative estimate of drug-likeness (QED) is 0.751. The van der Waals surface area contributed by atoms with Gasteiger partial charge in [0.25, 0.3) is 0 Å². The molecule has 0 unspecified atom stereocenters. The van der Waals surface area contributed by atoms with E-state index in [-0.39, 0.29) is 0 Å². The van der Waals surface area contributed by atoms with Crippen LogP contribution in [0.1, 0.15) is 5.56 Å². The molecule has 0 radical (unpaired) electrons. The summed E-state index contributed by atoms with van der Waals surface area (Å²) in [6.07, 6.45) is 1.53. The Balaban J connectivity index is 2.77. The first kappa shape index (κ1) is 8.41. The van der Waals surface area contributed by atoms with Crippen molar-refractivity contribution in [3.8, 4) is 0 Å². The minimum absolute atomic E-state index is 0.404. The number of benzene rings is 1. The third-order valence-corrected chi connectivity index (χ3v) is 2.03. The van der Waals surface area contributed by atoms with Crippen LogP contribution in [0.2, 0.25) is 5.15 Å². The van der Waals surface area contributed by atoms with Crippen molar-refractivity contribution < 1.29 is 0 Å². The second kappa shape index (κ2) is 3.28. The lowest BCUT2D eigenvalue weighted by Crippen LogP contribution is -1.98. The molecule has 2 N–H and O–H groups in total. The lowest BCUT2D eigenvalue weighted by molar-refractivity contribution is 1.07. The van der Waals surface area contributed by atoms with E-state index in [0.717, 1.165) is 16.6 Å². The average Bonchev–Trinajstić information content (AvgIpc) is 2.16. The summed E-state index contributed by atoms with van der Waals surface area (Å²) in [6.45, 7) is 0.466. The van der Waals surface area contributed by atoms with Crippen LogP contribution >= 0.6 is 11.6 Å². The number of nitrogens with zero attached hydrogens (tertiary/aromatic N) is 2. The number of para-hydroxylation sites is 1. The summed E-state index contributed by atoms with van der Waals surface area (Å²) in [7, 11) is 0. The zero-order valence-electron chi connectivity index (χ0n) is 6.87. The highest BCUT2D eigenvalue weighted by atomic mass is 35.5. The van der Waals surface area contributed by atoms with Gasteiger partial charge in [-0.15, -0.1) is 0 Å². The van der Waals surface area contributed by atoms with E-state index in [1.807, 2.05) is 18.2 Å². The van der Waals surface area contributed by atoms with Crippen LogP contribution in [0, 0.1) is 0 Å². The highest BCUT2D eigenvalue weighted by molar-refractivity contribution is 6.29. The van der Waals surface area contributed by atoms with Crippen molar-refractivity contribution in [1.82, 2.24) is 9.97 Å². The predicted octanol–water partition coefficient (Wildman–Crippen LogP) is 1.74. The number of hydrogen-bond donors (Lipinski definition) is 1. The van der Waals surface area contributed by atoms with Crippen molar-refractivity contribution in [2.24, 2.45) is 5.73 Å². The number of nitrogens with two attached hydrogens (primary N) is 1. The fourth-order valence-corrected chi connectivity index (χ4v) is 1.38. The Morgan fingerprint density at radius 3 is 3.00 bits per heavy atom. The standard InChI is InChI=1S/C9H8ClN3/c10-8-5-12-9-6(4-11)2-1-3-7(9)13-8/h1-3,5H,4,11H2. The van der Waals surface area contributed by atoms with Crippen LogP contribution in [0.25, 0.3) is 11.0 Å². The van der Waals surface area contributed by atoms with E-state index in [0.29, 0.717) is 11.7 Å². The van der Waals surface area contributed by atoms with Crippen molar-refractivity contribution in [2.45, 2.75) is 6.54 Å². The van der Waals surface area contributed by atoms with Crippen LogP contribution in [0.4, 0.5) is 0 Å². The van der Waals surface area contributed by atoms with E-state index in [2.05, 4.69) is 9.97 Å². The maximum absolute atomic E-state index is 5.71. The van der Waals surface area contributed by atoms with Crippen LogP contribution in [-0.2, 0) is 6.54 Å². The summed E-state index contributed by atoms with van der Waals surface area (Å²) in [5.74, 6) is 0. The lowest BCUT2D eigenvalue weighted by atomic mass is 10.2. The third-order valence-electron chi connectivity index (χ3n) is 1.85. The Hall–Kier alpha value is -1.19. The number of halogens is 1. The molecule has 2 rings (SSSR count). The van der Waals surface area contributed by atoms with Crippen molar-refractivity contribution in [1.29, 1.82) is 0 Å². The van der Waals surface area contributed by atoms with E-state index in [9.17, 15) is 0 Å². The molecule has 0 amide bonds. The Kier molecular flexibility index (Phi) is 2.12. The van der Waals surface area contributed by atoms with Crippen LogP contribution in [0.5, 0.6) is 0 Å². The second-order valence-corrected chi connectivity index (χ2v) is 3.07. The first-order chi connectivity index (χ1) is 6.31. The molecule has 4 heteroatoms. The van der Waals surface area contributed by atoms with E-state index < -0.39 is 0 Å². The molecule has 0 aliphatic rings. The molecule has 1 heterocycles. The predicted molar refractivity (Wildman–Crippen MR) is 52.4 cm³/mol.